The third kappa shape index (κ3) is 4.99. The van der Waals surface area contributed by atoms with Gasteiger partial charge in [0.05, 0.1) is 0 Å². The standard InChI is InChI=1S/C8H8BNO2S.C5H11NO/c10-8(11)5-1-2-6-4-13-9(12)7(6)3-5;1-4(6)3-5(2)7/h1-3,12H,4H2,(H2,10,11);4H,3,6H2,1-2H3. The number of hydrogen-bond donors (Lipinski definition) is 3. The summed E-state index contributed by atoms with van der Waals surface area (Å²) in [6.45, 7) is 3.37. The molecular formula is C13H19BN2O3S. The van der Waals surface area contributed by atoms with Crippen LogP contribution in [0.4, 0.5) is 0 Å². The van der Waals surface area contributed by atoms with Crippen molar-refractivity contribution in [2.45, 2.75) is 32.1 Å². The molecule has 20 heavy (non-hydrogen) atoms. The monoisotopic (exact) mass is 294 g/mol. The fourth-order valence-electron chi connectivity index (χ4n) is 1.82. The smallest absolute Gasteiger partial charge is 0.394 e. The summed E-state index contributed by atoms with van der Waals surface area (Å²) in [4.78, 5) is 21.0. The van der Waals surface area contributed by atoms with E-state index in [4.69, 9.17) is 11.5 Å². The summed E-state index contributed by atoms with van der Waals surface area (Å²) in [5.74, 6) is 0.511. The molecule has 0 aliphatic carbocycles. The number of primary amides is 1. The van der Waals surface area contributed by atoms with E-state index in [2.05, 4.69) is 0 Å². The molecule has 0 radical (unpaired) electrons. The maximum Gasteiger partial charge on any atom is 0.394 e. The van der Waals surface area contributed by atoms with Gasteiger partial charge < -0.3 is 16.5 Å². The molecule has 1 amide bonds. The summed E-state index contributed by atoms with van der Waals surface area (Å²) in [6.07, 6.45) is -0.00528. The van der Waals surface area contributed by atoms with Crippen molar-refractivity contribution < 1.29 is 14.6 Å². The van der Waals surface area contributed by atoms with E-state index in [0.29, 0.717) is 12.0 Å². The molecule has 1 aromatic rings. The predicted octanol–water partition coefficient (Wildman–Crippen LogP) is 0.0325. The highest BCUT2D eigenvalue weighted by atomic mass is 32.2. The number of benzene rings is 1. The number of amides is 1. The molecule has 0 fully saturated rings. The Morgan fingerprint density at radius 2 is 2.15 bits per heavy atom. The van der Waals surface area contributed by atoms with Crippen LogP contribution < -0.4 is 16.9 Å². The number of nitrogens with two attached hydrogens (primary N) is 2. The minimum absolute atomic E-state index is 0.0255. The molecule has 0 bridgehead atoms. The number of carbonyl (C=O) groups is 2. The van der Waals surface area contributed by atoms with E-state index in [0.717, 1.165) is 16.8 Å². The van der Waals surface area contributed by atoms with Crippen LogP contribution in [-0.2, 0) is 10.5 Å². The van der Waals surface area contributed by atoms with Crippen molar-refractivity contribution in [2.75, 3.05) is 0 Å². The average Bonchev–Trinajstić information content (AvgIpc) is 2.69. The van der Waals surface area contributed by atoms with Crippen LogP contribution >= 0.6 is 11.6 Å². The second-order valence-electron chi connectivity index (χ2n) is 4.82. The summed E-state index contributed by atoms with van der Waals surface area (Å²) in [5, 5.41) is 9.50. The average molecular weight is 294 g/mol. The highest BCUT2D eigenvalue weighted by Crippen LogP contribution is 2.21. The van der Waals surface area contributed by atoms with E-state index in [1.807, 2.05) is 13.0 Å². The summed E-state index contributed by atoms with van der Waals surface area (Å²) in [5.41, 5.74) is 12.8. The molecular weight excluding hydrogens is 275 g/mol. The predicted molar refractivity (Wildman–Crippen MR) is 82.8 cm³/mol. The lowest BCUT2D eigenvalue weighted by atomic mass is 9.82. The molecule has 1 heterocycles. The van der Waals surface area contributed by atoms with Crippen molar-refractivity contribution in [3.8, 4) is 0 Å². The van der Waals surface area contributed by atoms with Crippen LogP contribution in [0.3, 0.4) is 0 Å². The zero-order valence-electron chi connectivity index (χ0n) is 11.6. The Morgan fingerprint density at radius 3 is 2.60 bits per heavy atom. The number of hydrogen-bond acceptors (Lipinski definition) is 5. The number of carbonyl (C=O) groups excluding carboxylic acids is 2. The van der Waals surface area contributed by atoms with Gasteiger partial charge in [0, 0.05) is 23.8 Å². The van der Waals surface area contributed by atoms with Gasteiger partial charge in [-0.2, -0.15) is 11.6 Å². The van der Waals surface area contributed by atoms with Gasteiger partial charge in [-0.3, -0.25) is 9.59 Å². The number of ketones is 1. The van der Waals surface area contributed by atoms with Crippen molar-refractivity contribution in [3.05, 3.63) is 29.3 Å². The third-order valence-electron chi connectivity index (χ3n) is 2.70. The SMILES string of the molecule is CC(=O)CC(C)N.NC(=O)c1ccc2c(c1)B(O)SC2. The summed E-state index contributed by atoms with van der Waals surface area (Å²) in [6, 6.07) is 5.23. The van der Waals surface area contributed by atoms with Crippen LogP contribution in [0.1, 0.15) is 36.2 Å². The Balaban J connectivity index is 0.000000246. The van der Waals surface area contributed by atoms with E-state index < -0.39 is 12.1 Å². The zero-order chi connectivity index (χ0) is 15.3. The molecule has 1 aliphatic rings. The highest BCUT2D eigenvalue weighted by Gasteiger charge is 2.26. The summed E-state index contributed by atoms with van der Waals surface area (Å²) in [7, 11) is 0. The van der Waals surface area contributed by atoms with E-state index in [-0.39, 0.29) is 11.8 Å². The molecule has 2 rings (SSSR count). The van der Waals surface area contributed by atoms with Crippen molar-refractivity contribution in [3.63, 3.8) is 0 Å². The van der Waals surface area contributed by atoms with Crippen molar-refractivity contribution in [1.29, 1.82) is 0 Å². The van der Waals surface area contributed by atoms with Gasteiger partial charge in [0.1, 0.15) is 5.78 Å². The van der Waals surface area contributed by atoms with E-state index in [1.165, 1.54) is 11.6 Å². The van der Waals surface area contributed by atoms with E-state index in [9.17, 15) is 14.6 Å². The normalized spacial score (nSPS) is 14.1. The molecule has 1 atom stereocenters. The van der Waals surface area contributed by atoms with Crippen LogP contribution in [0.2, 0.25) is 0 Å². The minimum atomic E-state index is -0.505. The zero-order valence-corrected chi connectivity index (χ0v) is 12.4. The van der Waals surface area contributed by atoms with Crippen LogP contribution in [0.15, 0.2) is 18.2 Å². The fraction of sp³-hybridized carbons (Fsp3) is 0.385. The molecule has 0 saturated heterocycles. The second-order valence-corrected chi connectivity index (χ2v) is 5.89. The minimum Gasteiger partial charge on any atom is -0.438 e. The topological polar surface area (TPSA) is 106 Å². The molecule has 108 valence electrons. The van der Waals surface area contributed by atoms with Gasteiger partial charge >= 0.3 is 6.19 Å². The van der Waals surface area contributed by atoms with Crippen LogP contribution in [0.25, 0.3) is 0 Å². The first-order valence-corrected chi connectivity index (χ1v) is 7.33. The number of rotatable bonds is 3. The lowest BCUT2D eigenvalue weighted by Crippen LogP contribution is -2.26. The van der Waals surface area contributed by atoms with Gasteiger partial charge in [0.2, 0.25) is 5.91 Å². The molecule has 5 nitrogen and oxygen atoms in total. The Kier molecular flexibility index (Phi) is 6.26. The summed E-state index contributed by atoms with van der Waals surface area (Å²) >= 11 is 1.45. The van der Waals surface area contributed by atoms with Crippen LogP contribution in [0, 0.1) is 0 Å². The van der Waals surface area contributed by atoms with Gasteiger partial charge in [-0.15, -0.1) is 0 Å². The Bertz CT molecular complexity index is 508. The second kappa shape index (κ2) is 7.47. The third-order valence-corrected chi connectivity index (χ3v) is 3.75. The van der Waals surface area contributed by atoms with E-state index in [1.54, 1.807) is 19.1 Å². The molecule has 0 aromatic heterocycles. The molecule has 0 spiro atoms. The first kappa shape index (κ1) is 16.7. The van der Waals surface area contributed by atoms with Crippen molar-refractivity contribution in [2.24, 2.45) is 11.5 Å². The maximum atomic E-state index is 10.8. The van der Waals surface area contributed by atoms with Crippen molar-refractivity contribution >= 4 is 35.0 Å². The van der Waals surface area contributed by atoms with Gasteiger partial charge in [-0.1, -0.05) is 12.1 Å². The quantitative estimate of drug-likeness (QED) is 0.682. The van der Waals surface area contributed by atoms with Gasteiger partial charge in [-0.05, 0) is 30.9 Å². The largest absolute Gasteiger partial charge is 0.438 e. The van der Waals surface area contributed by atoms with E-state index >= 15 is 0 Å². The molecule has 1 unspecified atom stereocenters. The van der Waals surface area contributed by atoms with Gasteiger partial charge in [-0.25, -0.2) is 0 Å². The summed E-state index contributed by atoms with van der Waals surface area (Å²) < 4.78 is 0. The lowest BCUT2D eigenvalue weighted by Gasteiger charge is -2.01. The fourth-order valence-corrected chi connectivity index (χ4v) is 2.82. The number of fused-ring (bicyclic) bond motifs is 1. The number of Topliss-reactive ketones (excluding diaryl/α,β-unsaturated/α-hetero) is 1. The first-order chi connectivity index (χ1) is 9.31. The van der Waals surface area contributed by atoms with Crippen molar-refractivity contribution in [1.82, 2.24) is 0 Å². The Morgan fingerprint density at radius 1 is 1.50 bits per heavy atom. The Labute approximate surface area is 123 Å². The Hall–Kier alpha value is -1.31. The molecule has 1 aromatic carbocycles. The van der Waals surface area contributed by atoms with Crippen LogP contribution in [-0.4, -0.2) is 29.0 Å². The highest BCUT2D eigenvalue weighted by molar-refractivity contribution is 8.25. The lowest BCUT2D eigenvalue weighted by molar-refractivity contribution is -0.117. The van der Waals surface area contributed by atoms with Crippen LogP contribution in [0.5, 0.6) is 0 Å². The van der Waals surface area contributed by atoms with Gasteiger partial charge in [0.25, 0.3) is 0 Å². The molecule has 7 heteroatoms. The first-order valence-electron chi connectivity index (χ1n) is 6.28. The molecule has 1 aliphatic heterocycles. The molecule has 5 N–H and O–H groups in total. The molecule has 0 saturated carbocycles. The van der Waals surface area contributed by atoms with Gasteiger partial charge in [0.15, 0.2) is 0 Å². The maximum absolute atomic E-state index is 10.8.